The minimum absolute atomic E-state index is 0.0977. The molecule has 0 unspecified atom stereocenters. The molecule has 1 amide bonds. The number of aromatic nitrogens is 1. The van der Waals surface area contributed by atoms with Crippen molar-refractivity contribution in [1.82, 2.24) is 4.98 Å². The van der Waals surface area contributed by atoms with Crippen molar-refractivity contribution in [2.45, 2.75) is 6.54 Å². The molecule has 3 rings (SSSR count). The third-order valence-corrected chi connectivity index (χ3v) is 3.51. The van der Waals surface area contributed by atoms with Gasteiger partial charge in [-0.05, 0) is 29.8 Å². The van der Waals surface area contributed by atoms with Gasteiger partial charge in [0.1, 0.15) is 17.3 Å². The first kappa shape index (κ1) is 16.6. The van der Waals surface area contributed by atoms with Crippen molar-refractivity contribution in [3.63, 3.8) is 0 Å². The summed E-state index contributed by atoms with van der Waals surface area (Å²) in [5.41, 5.74) is 1.91. The van der Waals surface area contributed by atoms with Gasteiger partial charge in [-0.15, -0.1) is 0 Å². The van der Waals surface area contributed by atoms with Gasteiger partial charge in [0.2, 0.25) is 0 Å². The van der Waals surface area contributed by atoms with E-state index in [2.05, 4.69) is 15.6 Å². The first-order chi connectivity index (χ1) is 12.1. The summed E-state index contributed by atoms with van der Waals surface area (Å²) in [5.74, 6) is -2.11. The lowest BCUT2D eigenvalue weighted by Gasteiger charge is -2.08. The minimum Gasteiger partial charge on any atom is -0.380 e. The molecule has 0 aliphatic heterocycles. The first-order valence-corrected chi connectivity index (χ1v) is 7.62. The smallest absolute Gasteiger partial charge is 0.274 e. The number of hydrogen-bond acceptors (Lipinski definition) is 3. The van der Waals surface area contributed by atoms with E-state index in [9.17, 15) is 13.6 Å². The van der Waals surface area contributed by atoms with E-state index in [1.165, 1.54) is 18.3 Å². The molecule has 2 aromatic carbocycles. The first-order valence-electron chi connectivity index (χ1n) is 7.62. The zero-order valence-electron chi connectivity index (χ0n) is 13.2. The summed E-state index contributed by atoms with van der Waals surface area (Å²) in [7, 11) is 0. The number of nitrogens with one attached hydrogen (secondary N) is 2. The maximum Gasteiger partial charge on any atom is 0.274 e. The monoisotopic (exact) mass is 339 g/mol. The van der Waals surface area contributed by atoms with E-state index in [4.69, 9.17) is 0 Å². The van der Waals surface area contributed by atoms with E-state index < -0.39 is 17.5 Å². The van der Waals surface area contributed by atoms with Crippen LogP contribution in [0.3, 0.4) is 0 Å². The fourth-order valence-corrected chi connectivity index (χ4v) is 2.21. The summed E-state index contributed by atoms with van der Waals surface area (Å²) < 4.78 is 26.4. The van der Waals surface area contributed by atoms with Gasteiger partial charge in [0, 0.05) is 12.6 Å². The molecule has 0 radical (unpaired) electrons. The third kappa shape index (κ3) is 4.38. The van der Waals surface area contributed by atoms with Gasteiger partial charge in [0.15, 0.2) is 0 Å². The zero-order valence-corrected chi connectivity index (χ0v) is 13.2. The van der Waals surface area contributed by atoms with Crippen molar-refractivity contribution in [1.29, 1.82) is 0 Å². The number of anilines is 2. The van der Waals surface area contributed by atoms with Crippen molar-refractivity contribution in [3.05, 3.63) is 89.8 Å². The van der Waals surface area contributed by atoms with E-state index in [1.807, 2.05) is 30.3 Å². The number of carbonyl (C=O) groups is 1. The second-order valence-corrected chi connectivity index (χ2v) is 5.35. The van der Waals surface area contributed by atoms with E-state index in [-0.39, 0.29) is 11.4 Å². The molecule has 0 saturated carbocycles. The molecule has 2 N–H and O–H groups in total. The molecule has 0 bridgehead atoms. The Balaban J connectivity index is 1.62. The Labute approximate surface area is 143 Å². The summed E-state index contributed by atoms with van der Waals surface area (Å²) in [6.07, 6.45) is 1.53. The SMILES string of the molecule is O=C(Nc1ccc(F)cc1F)c1ccc(NCc2ccccc2)cn1. The molecule has 0 saturated heterocycles. The van der Waals surface area contributed by atoms with Gasteiger partial charge >= 0.3 is 0 Å². The van der Waals surface area contributed by atoms with Crippen LogP contribution in [-0.4, -0.2) is 10.9 Å². The highest BCUT2D eigenvalue weighted by atomic mass is 19.1. The Morgan fingerprint density at radius 3 is 2.48 bits per heavy atom. The van der Waals surface area contributed by atoms with E-state index >= 15 is 0 Å². The molecule has 1 heterocycles. The lowest BCUT2D eigenvalue weighted by Crippen LogP contribution is -2.14. The fourth-order valence-electron chi connectivity index (χ4n) is 2.21. The van der Waals surface area contributed by atoms with E-state index in [1.54, 1.807) is 6.07 Å². The number of rotatable bonds is 5. The molecule has 6 heteroatoms. The van der Waals surface area contributed by atoms with Crippen LogP contribution in [0.25, 0.3) is 0 Å². The van der Waals surface area contributed by atoms with Crippen LogP contribution in [0, 0.1) is 11.6 Å². The summed E-state index contributed by atoms with van der Waals surface area (Å²) >= 11 is 0. The molecule has 4 nitrogen and oxygen atoms in total. The predicted octanol–water partition coefficient (Wildman–Crippen LogP) is 4.22. The van der Waals surface area contributed by atoms with Crippen LogP contribution in [0.1, 0.15) is 16.1 Å². The Morgan fingerprint density at radius 2 is 1.80 bits per heavy atom. The fraction of sp³-hybridized carbons (Fsp3) is 0.0526. The number of carbonyl (C=O) groups excluding carboxylic acids is 1. The Hall–Kier alpha value is -3.28. The minimum atomic E-state index is -0.838. The molecule has 1 aromatic heterocycles. The average Bonchev–Trinajstić information content (AvgIpc) is 2.63. The summed E-state index contributed by atoms with van der Waals surface area (Å²) in [6, 6.07) is 16.0. The van der Waals surface area contributed by atoms with Gasteiger partial charge in [-0.2, -0.15) is 0 Å². The van der Waals surface area contributed by atoms with Gasteiger partial charge in [-0.1, -0.05) is 30.3 Å². The van der Waals surface area contributed by atoms with Crippen molar-refractivity contribution >= 4 is 17.3 Å². The van der Waals surface area contributed by atoms with Gasteiger partial charge in [-0.25, -0.2) is 13.8 Å². The van der Waals surface area contributed by atoms with Crippen LogP contribution < -0.4 is 10.6 Å². The second kappa shape index (κ2) is 7.53. The van der Waals surface area contributed by atoms with Crippen molar-refractivity contribution < 1.29 is 13.6 Å². The summed E-state index contributed by atoms with van der Waals surface area (Å²) in [6.45, 7) is 0.634. The van der Waals surface area contributed by atoms with Crippen LogP contribution in [0.5, 0.6) is 0 Å². The largest absolute Gasteiger partial charge is 0.380 e. The number of nitrogens with zero attached hydrogens (tertiary/aromatic N) is 1. The highest BCUT2D eigenvalue weighted by Crippen LogP contribution is 2.16. The molecule has 0 fully saturated rings. The number of halogens is 2. The summed E-state index contributed by atoms with van der Waals surface area (Å²) in [4.78, 5) is 16.2. The highest BCUT2D eigenvalue weighted by Gasteiger charge is 2.11. The Morgan fingerprint density at radius 1 is 1.00 bits per heavy atom. The zero-order chi connectivity index (χ0) is 17.6. The predicted molar refractivity (Wildman–Crippen MR) is 92.3 cm³/mol. The lowest BCUT2D eigenvalue weighted by molar-refractivity contribution is 0.102. The number of amides is 1. The topological polar surface area (TPSA) is 54.0 Å². The molecule has 25 heavy (non-hydrogen) atoms. The van der Waals surface area contributed by atoms with Gasteiger partial charge < -0.3 is 10.6 Å². The van der Waals surface area contributed by atoms with Gasteiger partial charge in [0.25, 0.3) is 5.91 Å². The molecular formula is C19H15F2N3O. The molecule has 0 aliphatic carbocycles. The standard InChI is InChI=1S/C19H15F2N3O/c20-14-6-8-17(16(21)10-14)24-19(25)18-9-7-15(12-23-18)22-11-13-4-2-1-3-5-13/h1-10,12,22H,11H2,(H,24,25). The van der Waals surface area contributed by atoms with Crippen molar-refractivity contribution in [2.24, 2.45) is 0 Å². The maximum atomic E-state index is 13.6. The van der Waals surface area contributed by atoms with Gasteiger partial charge in [0.05, 0.1) is 17.6 Å². The van der Waals surface area contributed by atoms with E-state index in [0.717, 1.165) is 17.3 Å². The number of hydrogen-bond donors (Lipinski definition) is 2. The summed E-state index contributed by atoms with van der Waals surface area (Å²) in [5, 5.41) is 5.56. The normalized spacial score (nSPS) is 10.3. The van der Waals surface area contributed by atoms with Crippen LogP contribution >= 0.6 is 0 Å². The van der Waals surface area contributed by atoms with Crippen LogP contribution in [0.15, 0.2) is 66.9 Å². The lowest BCUT2D eigenvalue weighted by atomic mass is 10.2. The molecular weight excluding hydrogens is 324 g/mol. The van der Waals surface area contributed by atoms with Crippen LogP contribution in [0.4, 0.5) is 20.2 Å². The maximum absolute atomic E-state index is 13.6. The van der Waals surface area contributed by atoms with Crippen LogP contribution in [0.2, 0.25) is 0 Å². The van der Waals surface area contributed by atoms with Gasteiger partial charge in [-0.3, -0.25) is 4.79 Å². The number of pyridine rings is 1. The Bertz CT molecular complexity index is 868. The molecule has 126 valence electrons. The number of benzene rings is 2. The Kier molecular flexibility index (Phi) is 4.99. The quantitative estimate of drug-likeness (QED) is 0.732. The van der Waals surface area contributed by atoms with Crippen molar-refractivity contribution in [2.75, 3.05) is 10.6 Å². The molecule has 0 atom stereocenters. The second-order valence-electron chi connectivity index (χ2n) is 5.35. The third-order valence-electron chi connectivity index (χ3n) is 3.51. The molecule has 3 aromatic rings. The molecule has 0 aliphatic rings. The highest BCUT2D eigenvalue weighted by molar-refractivity contribution is 6.03. The molecule has 0 spiro atoms. The van der Waals surface area contributed by atoms with Crippen molar-refractivity contribution in [3.8, 4) is 0 Å². The average molecular weight is 339 g/mol. The van der Waals surface area contributed by atoms with Crippen LogP contribution in [-0.2, 0) is 6.54 Å². The van der Waals surface area contributed by atoms with E-state index in [0.29, 0.717) is 12.6 Å².